The Morgan fingerprint density at radius 3 is 1.97 bits per heavy atom. The van der Waals surface area contributed by atoms with Crippen LogP contribution in [0.15, 0.2) is 72.8 Å². The second kappa shape index (κ2) is 9.17. The van der Waals surface area contributed by atoms with Crippen molar-refractivity contribution in [2.45, 2.75) is 0 Å². The largest absolute Gasteiger partial charge is 0.465 e. The molecule has 0 aromatic heterocycles. The van der Waals surface area contributed by atoms with Crippen molar-refractivity contribution in [2.75, 3.05) is 17.7 Å². The molecule has 3 rings (SSSR count). The number of amides is 2. The van der Waals surface area contributed by atoms with Crippen LogP contribution in [0.3, 0.4) is 0 Å². The fourth-order valence-corrected chi connectivity index (χ4v) is 2.68. The zero-order valence-corrected chi connectivity index (χ0v) is 16.0. The first-order valence-electron chi connectivity index (χ1n) is 8.91. The smallest absolute Gasteiger partial charge is 0.337 e. The van der Waals surface area contributed by atoms with E-state index in [0.29, 0.717) is 33.6 Å². The Balaban J connectivity index is 1.71. The van der Waals surface area contributed by atoms with Gasteiger partial charge in [0, 0.05) is 22.5 Å². The number of rotatable bonds is 5. The van der Waals surface area contributed by atoms with Gasteiger partial charge in [0.05, 0.1) is 24.3 Å². The Hall–Kier alpha value is -4.44. The first kappa shape index (κ1) is 20.3. The average molecular weight is 399 g/mol. The quantitative estimate of drug-likeness (QED) is 0.634. The highest BCUT2D eigenvalue weighted by Crippen LogP contribution is 2.15. The summed E-state index contributed by atoms with van der Waals surface area (Å²) in [5, 5.41) is 14.4. The third kappa shape index (κ3) is 4.88. The summed E-state index contributed by atoms with van der Waals surface area (Å²) in [5.41, 5.74) is 2.38. The Morgan fingerprint density at radius 2 is 1.37 bits per heavy atom. The Bertz CT molecular complexity index is 1150. The van der Waals surface area contributed by atoms with Gasteiger partial charge in [-0.1, -0.05) is 12.1 Å². The average Bonchev–Trinajstić information content (AvgIpc) is 2.79. The van der Waals surface area contributed by atoms with Crippen LogP contribution in [0.4, 0.5) is 11.4 Å². The number of hydrogen-bond donors (Lipinski definition) is 2. The number of ether oxygens (including phenoxy) is 1. The number of anilines is 2. The van der Waals surface area contributed by atoms with Crippen LogP contribution in [0.2, 0.25) is 0 Å². The van der Waals surface area contributed by atoms with E-state index in [1.807, 2.05) is 6.07 Å². The number of nitriles is 1. The molecule has 0 heterocycles. The van der Waals surface area contributed by atoms with Gasteiger partial charge in [-0.2, -0.15) is 5.26 Å². The van der Waals surface area contributed by atoms with E-state index < -0.39 is 17.8 Å². The molecule has 0 aliphatic heterocycles. The van der Waals surface area contributed by atoms with Crippen molar-refractivity contribution in [3.8, 4) is 6.07 Å². The number of nitrogens with zero attached hydrogens (tertiary/aromatic N) is 1. The lowest BCUT2D eigenvalue weighted by atomic mass is 10.1. The zero-order valence-electron chi connectivity index (χ0n) is 16.0. The maximum atomic E-state index is 12.5. The fraction of sp³-hybridized carbons (Fsp3) is 0.0435. The van der Waals surface area contributed by atoms with Crippen LogP contribution >= 0.6 is 0 Å². The first-order valence-corrected chi connectivity index (χ1v) is 8.91. The van der Waals surface area contributed by atoms with Crippen LogP contribution < -0.4 is 10.6 Å². The molecule has 148 valence electrons. The molecule has 2 N–H and O–H groups in total. The van der Waals surface area contributed by atoms with Gasteiger partial charge >= 0.3 is 5.97 Å². The lowest BCUT2D eigenvalue weighted by molar-refractivity contribution is 0.0600. The van der Waals surface area contributed by atoms with Gasteiger partial charge in [-0.15, -0.1) is 0 Å². The molecule has 0 aliphatic rings. The zero-order chi connectivity index (χ0) is 21.5. The summed E-state index contributed by atoms with van der Waals surface area (Å²) >= 11 is 0. The van der Waals surface area contributed by atoms with E-state index in [1.54, 1.807) is 66.7 Å². The minimum Gasteiger partial charge on any atom is -0.465 e. The van der Waals surface area contributed by atoms with Crippen molar-refractivity contribution >= 4 is 29.2 Å². The van der Waals surface area contributed by atoms with Crippen molar-refractivity contribution in [1.82, 2.24) is 0 Å². The van der Waals surface area contributed by atoms with Crippen molar-refractivity contribution in [3.05, 3.63) is 95.1 Å². The van der Waals surface area contributed by atoms with E-state index in [9.17, 15) is 14.4 Å². The van der Waals surface area contributed by atoms with Crippen LogP contribution in [-0.2, 0) is 4.74 Å². The monoisotopic (exact) mass is 399 g/mol. The molecule has 3 aromatic carbocycles. The summed E-state index contributed by atoms with van der Waals surface area (Å²) in [6, 6.07) is 21.1. The standard InChI is InChI=1S/C23H17N3O4/c1-30-23(29)16-8-10-19(11-9-16)25-21(27)17-5-3-6-18(13-17)22(28)26-20-7-2-4-15(12-20)14-24/h2-13H,1H3,(H,25,27)(H,26,28). The van der Waals surface area contributed by atoms with Gasteiger partial charge in [-0.25, -0.2) is 4.79 Å². The highest BCUT2D eigenvalue weighted by Gasteiger charge is 2.12. The van der Waals surface area contributed by atoms with Crippen molar-refractivity contribution in [1.29, 1.82) is 5.26 Å². The second-order valence-electron chi connectivity index (χ2n) is 6.25. The number of benzene rings is 3. The second-order valence-corrected chi connectivity index (χ2v) is 6.25. The molecule has 0 unspecified atom stereocenters. The normalized spacial score (nSPS) is 9.87. The number of methoxy groups -OCH3 is 1. The molecular weight excluding hydrogens is 382 g/mol. The summed E-state index contributed by atoms with van der Waals surface area (Å²) in [6.45, 7) is 0. The molecule has 2 amide bonds. The van der Waals surface area contributed by atoms with Gasteiger partial charge in [0.15, 0.2) is 0 Å². The third-order valence-corrected chi connectivity index (χ3v) is 4.20. The van der Waals surface area contributed by atoms with Gasteiger partial charge in [0.1, 0.15) is 0 Å². The topological polar surface area (TPSA) is 108 Å². The van der Waals surface area contributed by atoms with Crippen LogP contribution in [0.1, 0.15) is 36.6 Å². The van der Waals surface area contributed by atoms with Crippen LogP contribution in [0.25, 0.3) is 0 Å². The van der Waals surface area contributed by atoms with Crippen LogP contribution in [0, 0.1) is 11.3 Å². The van der Waals surface area contributed by atoms with E-state index in [0.717, 1.165) is 0 Å². The van der Waals surface area contributed by atoms with Gasteiger partial charge < -0.3 is 15.4 Å². The highest BCUT2D eigenvalue weighted by atomic mass is 16.5. The third-order valence-electron chi connectivity index (χ3n) is 4.20. The molecule has 0 saturated carbocycles. The van der Waals surface area contributed by atoms with Crippen molar-refractivity contribution in [3.63, 3.8) is 0 Å². The molecule has 0 fully saturated rings. The molecule has 3 aromatic rings. The van der Waals surface area contributed by atoms with Gasteiger partial charge in [-0.3, -0.25) is 9.59 Å². The SMILES string of the molecule is COC(=O)c1ccc(NC(=O)c2cccc(C(=O)Nc3cccc(C#N)c3)c2)cc1. The molecule has 0 atom stereocenters. The lowest BCUT2D eigenvalue weighted by Gasteiger charge is -2.09. The predicted octanol–water partition coefficient (Wildman–Crippen LogP) is 3.85. The van der Waals surface area contributed by atoms with Gasteiger partial charge in [0.25, 0.3) is 11.8 Å². The highest BCUT2D eigenvalue weighted by molar-refractivity contribution is 6.08. The van der Waals surface area contributed by atoms with Crippen LogP contribution in [0.5, 0.6) is 0 Å². The summed E-state index contributed by atoms with van der Waals surface area (Å²) in [5.74, 6) is -1.27. The van der Waals surface area contributed by atoms with Crippen molar-refractivity contribution < 1.29 is 19.1 Å². The van der Waals surface area contributed by atoms with E-state index >= 15 is 0 Å². The Labute approximate surface area is 172 Å². The number of hydrogen-bond acceptors (Lipinski definition) is 5. The minimum absolute atomic E-state index is 0.297. The van der Waals surface area contributed by atoms with E-state index in [4.69, 9.17) is 5.26 Å². The molecule has 0 spiro atoms. The Kier molecular flexibility index (Phi) is 6.20. The van der Waals surface area contributed by atoms with Crippen molar-refractivity contribution in [2.24, 2.45) is 0 Å². The van der Waals surface area contributed by atoms with Crippen LogP contribution in [-0.4, -0.2) is 24.9 Å². The summed E-state index contributed by atoms with van der Waals surface area (Å²) in [7, 11) is 1.29. The fourth-order valence-electron chi connectivity index (χ4n) is 2.68. The Morgan fingerprint density at radius 1 is 0.767 bits per heavy atom. The molecule has 0 bridgehead atoms. The van der Waals surface area contributed by atoms with E-state index in [2.05, 4.69) is 15.4 Å². The van der Waals surface area contributed by atoms with E-state index in [1.165, 1.54) is 13.2 Å². The minimum atomic E-state index is -0.466. The maximum Gasteiger partial charge on any atom is 0.337 e. The first-order chi connectivity index (χ1) is 14.5. The van der Waals surface area contributed by atoms with Gasteiger partial charge in [0.2, 0.25) is 0 Å². The molecule has 0 aliphatic carbocycles. The molecule has 30 heavy (non-hydrogen) atoms. The molecule has 0 saturated heterocycles. The number of carbonyl (C=O) groups is 3. The number of nitrogens with one attached hydrogen (secondary N) is 2. The number of esters is 1. The predicted molar refractivity (Wildman–Crippen MR) is 111 cm³/mol. The van der Waals surface area contributed by atoms with E-state index in [-0.39, 0.29) is 0 Å². The summed E-state index contributed by atoms with van der Waals surface area (Å²) in [4.78, 5) is 36.5. The molecule has 7 heteroatoms. The molecule has 0 radical (unpaired) electrons. The summed E-state index contributed by atoms with van der Waals surface area (Å²) in [6.07, 6.45) is 0. The number of carbonyl (C=O) groups excluding carboxylic acids is 3. The molecular formula is C23H17N3O4. The van der Waals surface area contributed by atoms with Gasteiger partial charge in [-0.05, 0) is 60.7 Å². The maximum absolute atomic E-state index is 12.5. The summed E-state index contributed by atoms with van der Waals surface area (Å²) < 4.78 is 4.64. The lowest BCUT2D eigenvalue weighted by Crippen LogP contribution is -2.15. The molecule has 7 nitrogen and oxygen atoms in total.